The highest BCUT2D eigenvalue weighted by Gasteiger charge is 2.31. The van der Waals surface area contributed by atoms with Crippen LogP contribution in [0.3, 0.4) is 0 Å². The minimum absolute atomic E-state index is 0.0631. The van der Waals surface area contributed by atoms with Gasteiger partial charge in [0, 0.05) is 11.3 Å². The van der Waals surface area contributed by atoms with Gasteiger partial charge >= 0.3 is 5.97 Å². The first-order valence-corrected chi connectivity index (χ1v) is 11.1. The average molecular weight is 449 g/mol. The molecule has 0 aliphatic carbocycles. The highest BCUT2D eigenvalue weighted by molar-refractivity contribution is 7.21. The fourth-order valence-corrected chi connectivity index (χ4v) is 4.74. The molecule has 0 amide bonds. The number of carbonyl (C=O) groups excluding carboxylic acids is 2. The van der Waals surface area contributed by atoms with Gasteiger partial charge in [0.05, 0.1) is 5.56 Å². The van der Waals surface area contributed by atoms with Crippen molar-refractivity contribution in [2.24, 2.45) is 0 Å². The Kier molecular flexibility index (Phi) is 4.48. The van der Waals surface area contributed by atoms with Gasteiger partial charge in [0.2, 0.25) is 5.78 Å². The molecule has 6 rings (SSSR count). The number of esters is 1. The number of imidazole rings is 1. The van der Waals surface area contributed by atoms with Crippen LogP contribution in [0, 0.1) is 0 Å². The van der Waals surface area contributed by atoms with Crippen molar-refractivity contribution in [3.05, 3.63) is 102 Å². The van der Waals surface area contributed by atoms with Gasteiger partial charge in [0.1, 0.15) is 22.2 Å². The smallest absolute Gasteiger partial charge is 0.347 e. The fraction of sp³-hybridized carbons (Fsp3) is 0. The van der Waals surface area contributed by atoms with Crippen molar-refractivity contribution in [2.45, 2.75) is 0 Å². The molecule has 0 unspecified atom stereocenters. The molecule has 0 spiro atoms. The molecule has 0 saturated carbocycles. The van der Waals surface area contributed by atoms with Crippen LogP contribution in [0.2, 0.25) is 0 Å². The van der Waals surface area contributed by atoms with Crippen molar-refractivity contribution in [3.8, 4) is 22.0 Å². The largest absolute Gasteiger partial charge is 0.422 e. The molecule has 0 atom stereocenters. The van der Waals surface area contributed by atoms with Crippen LogP contribution < -0.4 is 4.74 Å². The van der Waals surface area contributed by atoms with Crippen molar-refractivity contribution in [2.75, 3.05) is 0 Å². The predicted octanol–water partition coefficient (Wildman–Crippen LogP) is 5.33. The molecule has 1 aliphatic heterocycles. The number of benzene rings is 3. The van der Waals surface area contributed by atoms with E-state index in [1.54, 1.807) is 24.3 Å². The Balaban J connectivity index is 1.54. The van der Waals surface area contributed by atoms with Gasteiger partial charge in [0.15, 0.2) is 10.5 Å². The molecule has 158 valence electrons. The van der Waals surface area contributed by atoms with Crippen molar-refractivity contribution in [3.63, 3.8) is 0 Å². The lowest BCUT2D eigenvalue weighted by Crippen LogP contribution is -2.25. The standard InChI is InChI=1S/C26H15N3O3S/c30-22-18-13-7-8-14-20(18)32-26(31)19(22)15-21-27-25-23(29(21)17-11-5-2-6-12-17)28-24(33-25)16-9-3-1-4-10-16/h1-15H/b19-15-. The molecule has 0 saturated heterocycles. The molecular formula is C26H15N3O3S. The second kappa shape index (κ2) is 7.65. The first kappa shape index (κ1) is 19.3. The van der Waals surface area contributed by atoms with Crippen LogP contribution in [0.15, 0.2) is 90.5 Å². The minimum Gasteiger partial charge on any atom is -0.422 e. The molecule has 6 nitrogen and oxygen atoms in total. The zero-order chi connectivity index (χ0) is 22.4. The molecule has 0 bridgehead atoms. The Hall–Kier alpha value is -4.36. The summed E-state index contributed by atoms with van der Waals surface area (Å²) in [5.74, 6) is -0.367. The highest BCUT2D eigenvalue weighted by atomic mass is 32.1. The Morgan fingerprint density at radius 2 is 1.52 bits per heavy atom. The second-order valence-electron chi connectivity index (χ2n) is 7.43. The first-order valence-electron chi connectivity index (χ1n) is 10.3. The van der Waals surface area contributed by atoms with Crippen molar-refractivity contribution < 1.29 is 14.3 Å². The molecule has 0 radical (unpaired) electrons. The number of rotatable bonds is 3. The van der Waals surface area contributed by atoms with E-state index in [9.17, 15) is 9.59 Å². The van der Waals surface area contributed by atoms with Crippen LogP contribution in [0.1, 0.15) is 16.2 Å². The maximum atomic E-state index is 13.1. The summed E-state index contributed by atoms with van der Waals surface area (Å²) in [6, 6.07) is 26.2. The number of hydrogen-bond donors (Lipinski definition) is 0. The van der Waals surface area contributed by atoms with Crippen LogP contribution >= 0.6 is 11.3 Å². The Labute approximate surface area is 192 Å². The van der Waals surface area contributed by atoms with Crippen molar-refractivity contribution >= 4 is 39.6 Å². The van der Waals surface area contributed by atoms with E-state index in [0.29, 0.717) is 21.9 Å². The summed E-state index contributed by atoms with van der Waals surface area (Å²) in [5.41, 5.74) is 2.78. The molecule has 3 aromatic carbocycles. The molecule has 2 aromatic heterocycles. The van der Waals surface area contributed by atoms with Gasteiger partial charge in [-0.1, -0.05) is 72.0 Å². The summed E-state index contributed by atoms with van der Waals surface area (Å²) in [5, 5.41) is 0.846. The number of para-hydroxylation sites is 2. The third-order valence-electron chi connectivity index (χ3n) is 5.36. The predicted molar refractivity (Wildman–Crippen MR) is 127 cm³/mol. The van der Waals surface area contributed by atoms with E-state index in [1.165, 1.54) is 17.4 Å². The molecule has 1 aliphatic rings. The van der Waals surface area contributed by atoms with E-state index in [2.05, 4.69) is 0 Å². The van der Waals surface area contributed by atoms with Crippen LogP contribution in [0.5, 0.6) is 5.75 Å². The van der Waals surface area contributed by atoms with E-state index in [1.807, 2.05) is 65.2 Å². The van der Waals surface area contributed by atoms with Gasteiger partial charge < -0.3 is 4.74 Å². The SMILES string of the molecule is O=C1Oc2ccccc2C(=O)/C1=C/c1nc2sc(-c3ccccc3)nc2n1-c1ccccc1. The van der Waals surface area contributed by atoms with Crippen LogP contribution in [0.25, 0.3) is 32.8 Å². The maximum Gasteiger partial charge on any atom is 0.347 e. The lowest BCUT2D eigenvalue weighted by atomic mass is 9.99. The normalized spacial score (nSPS) is 14.5. The third-order valence-corrected chi connectivity index (χ3v) is 6.34. The summed E-state index contributed by atoms with van der Waals surface area (Å²) < 4.78 is 7.24. The Morgan fingerprint density at radius 1 is 0.818 bits per heavy atom. The number of ketones is 1. The lowest BCUT2D eigenvalue weighted by Gasteiger charge is -2.16. The number of Topliss-reactive ketones (excluding diaryl/α,β-unsaturated/α-hetero) is 1. The number of fused-ring (bicyclic) bond motifs is 2. The van der Waals surface area contributed by atoms with Crippen LogP contribution in [-0.2, 0) is 4.79 Å². The monoisotopic (exact) mass is 449 g/mol. The van der Waals surface area contributed by atoms with E-state index in [0.717, 1.165) is 16.3 Å². The first-order chi connectivity index (χ1) is 16.2. The Morgan fingerprint density at radius 3 is 2.30 bits per heavy atom. The summed E-state index contributed by atoms with van der Waals surface area (Å²) in [6.07, 6.45) is 1.49. The van der Waals surface area contributed by atoms with Crippen LogP contribution in [-0.4, -0.2) is 26.3 Å². The molecule has 33 heavy (non-hydrogen) atoms. The summed E-state index contributed by atoms with van der Waals surface area (Å²) >= 11 is 1.46. The summed E-state index contributed by atoms with van der Waals surface area (Å²) in [4.78, 5) is 36.0. The number of hydrogen-bond acceptors (Lipinski definition) is 6. The summed E-state index contributed by atoms with van der Waals surface area (Å²) in [7, 11) is 0. The van der Waals surface area contributed by atoms with E-state index >= 15 is 0 Å². The fourth-order valence-electron chi connectivity index (χ4n) is 3.81. The van der Waals surface area contributed by atoms with Gasteiger partial charge in [-0.15, -0.1) is 0 Å². The molecule has 5 aromatic rings. The van der Waals surface area contributed by atoms with Gasteiger partial charge in [-0.2, -0.15) is 0 Å². The quantitative estimate of drug-likeness (QED) is 0.161. The number of ether oxygens (including phenoxy) is 1. The number of aromatic nitrogens is 3. The molecule has 7 heteroatoms. The van der Waals surface area contributed by atoms with E-state index in [4.69, 9.17) is 14.7 Å². The molecule has 0 N–H and O–H groups in total. The van der Waals surface area contributed by atoms with Gasteiger partial charge in [-0.3, -0.25) is 9.36 Å². The molecule has 0 fully saturated rings. The minimum atomic E-state index is -0.692. The number of nitrogens with zero attached hydrogens (tertiary/aromatic N) is 3. The molecular weight excluding hydrogens is 434 g/mol. The highest BCUT2D eigenvalue weighted by Crippen LogP contribution is 2.34. The maximum absolute atomic E-state index is 13.1. The number of carbonyl (C=O) groups is 2. The average Bonchev–Trinajstić information content (AvgIpc) is 3.40. The van der Waals surface area contributed by atoms with Gasteiger partial charge in [0.25, 0.3) is 0 Å². The van der Waals surface area contributed by atoms with Crippen LogP contribution in [0.4, 0.5) is 0 Å². The lowest BCUT2D eigenvalue weighted by molar-refractivity contribution is -0.130. The topological polar surface area (TPSA) is 74.1 Å². The zero-order valence-corrected chi connectivity index (χ0v) is 18.0. The van der Waals surface area contributed by atoms with Gasteiger partial charge in [-0.25, -0.2) is 14.8 Å². The molecule has 3 heterocycles. The van der Waals surface area contributed by atoms with Crippen molar-refractivity contribution in [1.82, 2.24) is 14.5 Å². The Bertz CT molecular complexity index is 1570. The summed E-state index contributed by atoms with van der Waals surface area (Å²) in [6.45, 7) is 0. The van der Waals surface area contributed by atoms with E-state index in [-0.39, 0.29) is 17.1 Å². The van der Waals surface area contributed by atoms with Gasteiger partial charge in [-0.05, 0) is 30.3 Å². The third kappa shape index (κ3) is 3.26. The zero-order valence-electron chi connectivity index (χ0n) is 17.1. The van der Waals surface area contributed by atoms with Crippen molar-refractivity contribution in [1.29, 1.82) is 0 Å². The number of thiazole rings is 1. The van der Waals surface area contributed by atoms with E-state index < -0.39 is 5.97 Å². The second-order valence-corrected chi connectivity index (χ2v) is 8.41.